The van der Waals surface area contributed by atoms with E-state index in [0.717, 1.165) is 0 Å². The molecule has 0 saturated carbocycles. The van der Waals surface area contributed by atoms with Crippen LogP contribution in [0.2, 0.25) is 0 Å². The van der Waals surface area contributed by atoms with Gasteiger partial charge in [-0.3, -0.25) is 0 Å². The molecule has 0 aliphatic heterocycles. The molecule has 0 bridgehead atoms. The fourth-order valence-corrected chi connectivity index (χ4v) is 11.4. The molecule has 0 amide bonds. The van der Waals surface area contributed by atoms with E-state index in [4.69, 9.17) is 0 Å². The van der Waals surface area contributed by atoms with Crippen molar-refractivity contribution in [2.24, 2.45) is 0 Å². The van der Waals surface area contributed by atoms with E-state index in [1.807, 2.05) is 0 Å². The van der Waals surface area contributed by atoms with Crippen molar-refractivity contribution in [3.8, 4) is 0 Å². The van der Waals surface area contributed by atoms with Crippen LogP contribution in [0, 0.1) is 0 Å². The van der Waals surface area contributed by atoms with Gasteiger partial charge in [0.25, 0.3) is 0 Å². The Morgan fingerprint density at radius 1 is 0.444 bits per heavy atom. The molecule has 0 N–H and O–H groups in total. The van der Waals surface area contributed by atoms with Crippen LogP contribution in [0.1, 0.15) is 0 Å². The molecule has 0 fully saturated rings. The molecule has 4 aromatic carbocycles. The molecule has 4 aromatic rings. The van der Waals surface area contributed by atoms with Crippen LogP contribution in [0.15, 0.2) is 121 Å². The first-order chi connectivity index (χ1) is 13.4. The maximum atomic E-state index is 2.63. The summed E-state index contributed by atoms with van der Waals surface area (Å²) in [5, 5.41) is 4.25. The first-order valence-corrected chi connectivity index (χ1v) is 12.7. The molecule has 27 heavy (non-hydrogen) atoms. The Balaban J connectivity index is 2.00. The average molecular weight is 431 g/mol. The third kappa shape index (κ3) is 3.87. The predicted molar refractivity (Wildman–Crippen MR) is 123 cm³/mol. The van der Waals surface area contributed by atoms with E-state index in [1.165, 1.54) is 20.4 Å². The van der Waals surface area contributed by atoms with Crippen molar-refractivity contribution in [1.29, 1.82) is 0 Å². The molecule has 0 nitrogen and oxygen atoms in total. The van der Waals surface area contributed by atoms with Crippen molar-refractivity contribution in [3.63, 3.8) is 0 Å². The van der Waals surface area contributed by atoms with Crippen LogP contribution in [-0.2, 0) is 0 Å². The summed E-state index contributed by atoms with van der Waals surface area (Å²) in [6.07, 6.45) is 0. The summed E-state index contributed by atoms with van der Waals surface area (Å²) in [6.45, 7) is -1.82. The zero-order chi connectivity index (χ0) is 18.4. The normalized spacial score (nSPS) is 11.1. The van der Waals surface area contributed by atoms with Gasteiger partial charge in [-0.1, -0.05) is 0 Å². The first-order valence-electron chi connectivity index (χ1n) is 9.01. The minimum absolute atomic E-state index is 0.288. The van der Waals surface area contributed by atoms with Crippen LogP contribution in [-0.4, -0.2) is 19.7 Å². The van der Waals surface area contributed by atoms with Gasteiger partial charge in [0, 0.05) is 0 Å². The Labute approximate surface area is 168 Å². The predicted octanol–water partition coefficient (Wildman–Crippen LogP) is 3.77. The second kappa shape index (κ2) is 8.59. The summed E-state index contributed by atoms with van der Waals surface area (Å²) in [7, 11) is 0. The molecule has 0 heterocycles. The Kier molecular flexibility index (Phi) is 5.75. The molecule has 0 radical (unpaired) electrons. The molecule has 0 aliphatic rings. The standard InChI is InChI=1S/C25H21PSe/c1-5-13-22(14-6-1)26(23-15-7-2-8-16-23,24-17-9-3-10-18-24)21-27-25-19-11-4-12-20-25/h1-21H. The molecule has 0 aromatic heterocycles. The van der Waals surface area contributed by atoms with E-state index in [0.29, 0.717) is 0 Å². The molecule has 4 rings (SSSR count). The zero-order valence-corrected chi connectivity index (χ0v) is 17.6. The quantitative estimate of drug-likeness (QED) is 0.334. The molecule has 0 unspecified atom stereocenters. The van der Waals surface area contributed by atoms with Gasteiger partial charge in [-0.05, 0) is 0 Å². The Morgan fingerprint density at radius 3 is 1.15 bits per heavy atom. The van der Waals surface area contributed by atoms with E-state index >= 15 is 0 Å². The van der Waals surface area contributed by atoms with E-state index < -0.39 is 6.89 Å². The van der Waals surface area contributed by atoms with Gasteiger partial charge in [0.05, 0.1) is 0 Å². The van der Waals surface area contributed by atoms with Gasteiger partial charge in [0.15, 0.2) is 0 Å². The van der Waals surface area contributed by atoms with Crippen LogP contribution in [0.3, 0.4) is 0 Å². The van der Waals surface area contributed by atoms with Crippen molar-refractivity contribution in [1.82, 2.24) is 0 Å². The fourth-order valence-electron chi connectivity index (χ4n) is 3.26. The summed E-state index contributed by atoms with van der Waals surface area (Å²) in [4.78, 5) is 0. The third-order valence-corrected chi connectivity index (χ3v) is 12.1. The second-order valence-electron chi connectivity index (χ2n) is 6.27. The molecule has 132 valence electrons. The van der Waals surface area contributed by atoms with Crippen molar-refractivity contribution in [2.45, 2.75) is 0 Å². The molecule has 0 atom stereocenters. The van der Waals surface area contributed by atoms with Gasteiger partial charge in [-0.15, -0.1) is 0 Å². The SMILES string of the molecule is C([Se]c1ccccc1)=P(c1ccccc1)(c1ccccc1)c1ccccc1. The summed E-state index contributed by atoms with van der Waals surface area (Å²) < 4.78 is 4.05. The second-order valence-corrected chi connectivity index (χ2v) is 12.3. The first kappa shape index (κ1) is 18.1. The van der Waals surface area contributed by atoms with Gasteiger partial charge in [0.2, 0.25) is 0 Å². The van der Waals surface area contributed by atoms with E-state index in [2.05, 4.69) is 126 Å². The Hall–Kier alpha value is -2.30. The van der Waals surface area contributed by atoms with Gasteiger partial charge < -0.3 is 0 Å². The van der Waals surface area contributed by atoms with Gasteiger partial charge in [-0.25, -0.2) is 0 Å². The maximum absolute atomic E-state index is 2.63. The molecule has 2 heteroatoms. The van der Waals surface area contributed by atoms with Crippen LogP contribution in [0.25, 0.3) is 0 Å². The number of benzene rings is 4. The van der Waals surface area contributed by atoms with Gasteiger partial charge in [0.1, 0.15) is 0 Å². The van der Waals surface area contributed by atoms with Crippen molar-refractivity contribution in [2.75, 3.05) is 0 Å². The van der Waals surface area contributed by atoms with Crippen molar-refractivity contribution in [3.05, 3.63) is 121 Å². The molecular weight excluding hydrogens is 410 g/mol. The van der Waals surface area contributed by atoms with Crippen LogP contribution in [0.5, 0.6) is 0 Å². The molecular formula is C25H21PSe. The third-order valence-electron chi connectivity index (χ3n) is 4.58. The summed E-state index contributed by atoms with van der Waals surface area (Å²) in [5.41, 5.74) is 0. The monoisotopic (exact) mass is 432 g/mol. The molecule has 0 aliphatic carbocycles. The topological polar surface area (TPSA) is 0 Å². The summed E-state index contributed by atoms with van der Waals surface area (Å²) >= 11 is 0.288. The van der Waals surface area contributed by atoms with Crippen molar-refractivity contribution < 1.29 is 0 Å². The van der Waals surface area contributed by atoms with Crippen LogP contribution in [0.4, 0.5) is 0 Å². The zero-order valence-electron chi connectivity index (χ0n) is 15.0. The Morgan fingerprint density at radius 2 is 0.778 bits per heavy atom. The number of rotatable bonds is 5. The van der Waals surface area contributed by atoms with Gasteiger partial charge >= 0.3 is 168 Å². The molecule has 0 saturated heterocycles. The van der Waals surface area contributed by atoms with Crippen molar-refractivity contribution >= 4 is 46.9 Å². The van der Waals surface area contributed by atoms with E-state index in [9.17, 15) is 0 Å². The van der Waals surface area contributed by atoms with E-state index in [-0.39, 0.29) is 15.0 Å². The van der Waals surface area contributed by atoms with Gasteiger partial charge in [-0.2, -0.15) is 0 Å². The minimum atomic E-state index is -1.82. The fraction of sp³-hybridized carbons (Fsp3) is 0. The molecule has 0 spiro atoms. The van der Waals surface area contributed by atoms with Crippen LogP contribution < -0.4 is 20.4 Å². The number of hydrogen-bond donors (Lipinski definition) is 0. The summed E-state index contributed by atoms with van der Waals surface area (Å²) in [6, 6.07) is 44.0. The average Bonchev–Trinajstić information content (AvgIpc) is 2.77. The van der Waals surface area contributed by atoms with Crippen LogP contribution >= 0.6 is 6.89 Å². The van der Waals surface area contributed by atoms with E-state index in [1.54, 1.807) is 0 Å². The number of hydrogen-bond acceptors (Lipinski definition) is 0. The Bertz CT molecular complexity index is 923. The summed E-state index contributed by atoms with van der Waals surface area (Å²) in [5.74, 6) is 0.